The molecule has 1 aromatic rings. The van der Waals surface area contributed by atoms with Gasteiger partial charge in [0.1, 0.15) is 0 Å². The Labute approximate surface area is 114 Å². The van der Waals surface area contributed by atoms with E-state index in [2.05, 4.69) is 29.7 Å². The van der Waals surface area contributed by atoms with Crippen molar-refractivity contribution < 1.29 is 9.59 Å². The SMILES string of the molecule is CCc1ccc(CNC(=O)CNC(=O)C(C)C)cc1. The molecule has 2 N–H and O–H groups in total. The fourth-order valence-electron chi connectivity index (χ4n) is 1.53. The van der Waals surface area contributed by atoms with E-state index in [1.54, 1.807) is 13.8 Å². The van der Waals surface area contributed by atoms with Crippen LogP contribution in [-0.2, 0) is 22.6 Å². The standard InChI is InChI=1S/C15H22N2O2/c1-4-12-5-7-13(8-6-12)9-16-14(18)10-17-15(19)11(2)3/h5-8,11H,4,9-10H2,1-3H3,(H,16,18)(H,17,19). The van der Waals surface area contributed by atoms with Gasteiger partial charge in [0.2, 0.25) is 11.8 Å². The van der Waals surface area contributed by atoms with Gasteiger partial charge in [-0.1, -0.05) is 45.0 Å². The molecular formula is C15H22N2O2. The van der Waals surface area contributed by atoms with Gasteiger partial charge in [0.25, 0.3) is 0 Å². The van der Waals surface area contributed by atoms with Crippen LogP contribution < -0.4 is 10.6 Å². The molecule has 0 spiro atoms. The number of nitrogens with one attached hydrogen (secondary N) is 2. The van der Waals surface area contributed by atoms with Crippen LogP contribution in [0.1, 0.15) is 31.9 Å². The lowest BCUT2D eigenvalue weighted by Crippen LogP contribution is -2.38. The fraction of sp³-hybridized carbons (Fsp3) is 0.467. The molecule has 104 valence electrons. The number of carbonyl (C=O) groups excluding carboxylic acids is 2. The van der Waals surface area contributed by atoms with Gasteiger partial charge in [0, 0.05) is 12.5 Å². The van der Waals surface area contributed by atoms with E-state index in [4.69, 9.17) is 0 Å². The Balaban J connectivity index is 2.31. The van der Waals surface area contributed by atoms with E-state index in [9.17, 15) is 9.59 Å². The predicted octanol–water partition coefficient (Wildman–Crippen LogP) is 1.64. The zero-order valence-electron chi connectivity index (χ0n) is 11.8. The highest BCUT2D eigenvalue weighted by Gasteiger charge is 2.08. The second-order valence-electron chi connectivity index (χ2n) is 4.82. The Morgan fingerprint density at radius 1 is 1.05 bits per heavy atom. The van der Waals surface area contributed by atoms with E-state index < -0.39 is 0 Å². The van der Waals surface area contributed by atoms with Crippen LogP contribution in [0, 0.1) is 5.92 Å². The molecule has 0 unspecified atom stereocenters. The van der Waals surface area contributed by atoms with Gasteiger partial charge in [-0.3, -0.25) is 9.59 Å². The smallest absolute Gasteiger partial charge is 0.239 e. The average Bonchev–Trinajstić information content (AvgIpc) is 2.42. The molecule has 4 nitrogen and oxygen atoms in total. The minimum atomic E-state index is -0.173. The Hall–Kier alpha value is -1.84. The molecule has 4 heteroatoms. The van der Waals surface area contributed by atoms with Crippen LogP contribution >= 0.6 is 0 Å². The summed E-state index contributed by atoms with van der Waals surface area (Å²) in [4.78, 5) is 22.8. The average molecular weight is 262 g/mol. The van der Waals surface area contributed by atoms with Crippen molar-refractivity contribution in [2.75, 3.05) is 6.54 Å². The van der Waals surface area contributed by atoms with Gasteiger partial charge < -0.3 is 10.6 Å². The van der Waals surface area contributed by atoms with Crippen LogP contribution in [0.15, 0.2) is 24.3 Å². The number of benzene rings is 1. The number of amides is 2. The minimum Gasteiger partial charge on any atom is -0.350 e. The third kappa shape index (κ3) is 5.55. The van der Waals surface area contributed by atoms with E-state index in [1.807, 2.05) is 12.1 Å². The molecule has 0 aliphatic rings. The first kappa shape index (κ1) is 15.2. The van der Waals surface area contributed by atoms with Crippen molar-refractivity contribution in [1.82, 2.24) is 10.6 Å². The first-order valence-electron chi connectivity index (χ1n) is 6.65. The number of rotatable bonds is 6. The summed E-state index contributed by atoms with van der Waals surface area (Å²) < 4.78 is 0. The van der Waals surface area contributed by atoms with E-state index in [0.717, 1.165) is 12.0 Å². The van der Waals surface area contributed by atoms with Crippen LogP contribution in [0.5, 0.6) is 0 Å². The maximum absolute atomic E-state index is 11.5. The van der Waals surface area contributed by atoms with Gasteiger partial charge in [0.15, 0.2) is 0 Å². The Morgan fingerprint density at radius 3 is 2.16 bits per heavy atom. The van der Waals surface area contributed by atoms with E-state index in [-0.39, 0.29) is 24.3 Å². The summed E-state index contributed by atoms with van der Waals surface area (Å²) in [5.74, 6) is -0.384. The van der Waals surface area contributed by atoms with E-state index >= 15 is 0 Å². The summed E-state index contributed by atoms with van der Waals surface area (Å²) in [6.07, 6.45) is 1.01. The summed E-state index contributed by atoms with van der Waals surface area (Å²) in [5, 5.41) is 5.36. The molecule has 2 amide bonds. The van der Waals surface area contributed by atoms with Crippen LogP contribution in [0.4, 0.5) is 0 Å². The molecule has 1 rings (SSSR count). The van der Waals surface area contributed by atoms with E-state index in [1.165, 1.54) is 5.56 Å². The Morgan fingerprint density at radius 2 is 1.63 bits per heavy atom. The molecule has 1 aromatic carbocycles. The van der Waals surface area contributed by atoms with Gasteiger partial charge in [0.05, 0.1) is 6.54 Å². The molecule has 0 heterocycles. The summed E-state index contributed by atoms with van der Waals surface area (Å²) >= 11 is 0. The molecular weight excluding hydrogens is 240 g/mol. The molecule has 0 saturated carbocycles. The van der Waals surface area contributed by atoms with Crippen LogP contribution in [0.25, 0.3) is 0 Å². The topological polar surface area (TPSA) is 58.2 Å². The van der Waals surface area contributed by atoms with Gasteiger partial charge in [-0.25, -0.2) is 0 Å². The predicted molar refractivity (Wildman–Crippen MR) is 75.5 cm³/mol. The van der Waals surface area contributed by atoms with Gasteiger partial charge >= 0.3 is 0 Å². The lowest BCUT2D eigenvalue weighted by atomic mass is 10.1. The largest absolute Gasteiger partial charge is 0.350 e. The molecule has 0 radical (unpaired) electrons. The lowest BCUT2D eigenvalue weighted by molar-refractivity contribution is -0.127. The van der Waals surface area contributed by atoms with E-state index in [0.29, 0.717) is 6.54 Å². The van der Waals surface area contributed by atoms with Crippen molar-refractivity contribution in [2.24, 2.45) is 5.92 Å². The number of hydrogen-bond donors (Lipinski definition) is 2. The molecule has 0 aliphatic carbocycles. The third-order valence-electron chi connectivity index (χ3n) is 2.87. The van der Waals surface area contributed by atoms with Gasteiger partial charge in [-0.05, 0) is 17.5 Å². The van der Waals surface area contributed by atoms with Crippen LogP contribution in [0.2, 0.25) is 0 Å². The van der Waals surface area contributed by atoms with Crippen molar-refractivity contribution in [3.63, 3.8) is 0 Å². The minimum absolute atomic E-state index is 0.0318. The first-order chi connectivity index (χ1) is 9.02. The van der Waals surface area contributed by atoms with Gasteiger partial charge in [-0.15, -0.1) is 0 Å². The summed E-state index contributed by atoms with van der Waals surface area (Å²) in [7, 11) is 0. The summed E-state index contributed by atoms with van der Waals surface area (Å²) in [5.41, 5.74) is 2.33. The summed E-state index contributed by atoms with van der Waals surface area (Å²) in [6, 6.07) is 8.13. The van der Waals surface area contributed by atoms with Crippen molar-refractivity contribution in [3.8, 4) is 0 Å². The maximum atomic E-state index is 11.5. The van der Waals surface area contributed by atoms with Crippen molar-refractivity contribution in [2.45, 2.75) is 33.7 Å². The molecule has 0 aliphatic heterocycles. The number of carbonyl (C=O) groups is 2. The first-order valence-corrected chi connectivity index (χ1v) is 6.65. The summed E-state index contributed by atoms with van der Waals surface area (Å²) in [6.45, 7) is 6.21. The van der Waals surface area contributed by atoms with Gasteiger partial charge in [-0.2, -0.15) is 0 Å². The zero-order valence-corrected chi connectivity index (χ0v) is 11.8. The fourth-order valence-corrected chi connectivity index (χ4v) is 1.53. The van der Waals surface area contributed by atoms with Crippen molar-refractivity contribution >= 4 is 11.8 Å². The molecule has 0 fully saturated rings. The number of hydrogen-bond acceptors (Lipinski definition) is 2. The highest BCUT2D eigenvalue weighted by atomic mass is 16.2. The van der Waals surface area contributed by atoms with Crippen molar-refractivity contribution in [1.29, 1.82) is 0 Å². The molecule has 0 bridgehead atoms. The Bertz CT molecular complexity index is 424. The number of aryl methyl sites for hydroxylation is 1. The normalized spacial score (nSPS) is 10.3. The second-order valence-corrected chi connectivity index (χ2v) is 4.82. The molecule has 19 heavy (non-hydrogen) atoms. The highest BCUT2D eigenvalue weighted by Crippen LogP contribution is 2.04. The quantitative estimate of drug-likeness (QED) is 0.818. The maximum Gasteiger partial charge on any atom is 0.239 e. The van der Waals surface area contributed by atoms with Crippen LogP contribution in [0.3, 0.4) is 0 Å². The highest BCUT2D eigenvalue weighted by molar-refractivity contribution is 5.85. The molecule has 0 saturated heterocycles. The second kappa shape index (κ2) is 7.56. The monoisotopic (exact) mass is 262 g/mol. The third-order valence-corrected chi connectivity index (χ3v) is 2.87. The van der Waals surface area contributed by atoms with Crippen molar-refractivity contribution in [3.05, 3.63) is 35.4 Å². The lowest BCUT2D eigenvalue weighted by Gasteiger charge is -2.09. The molecule has 0 aromatic heterocycles. The molecule has 0 atom stereocenters. The van der Waals surface area contributed by atoms with Crippen LogP contribution in [-0.4, -0.2) is 18.4 Å². The Kier molecular flexibility index (Phi) is 6.06. The zero-order chi connectivity index (χ0) is 14.3.